The first kappa shape index (κ1) is 31.2. The van der Waals surface area contributed by atoms with Crippen LogP contribution in [0.1, 0.15) is 58.9 Å². The zero-order chi connectivity index (χ0) is 31.1. The number of aromatic hydroxyl groups is 1. The van der Waals surface area contributed by atoms with Gasteiger partial charge in [0.25, 0.3) is 5.91 Å². The number of phenols is 1. The van der Waals surface area contributed by atoms with E-state index in [1.165, 1.54) is 30.7 Å². The highest BCUT2D eigenvalue weighted by Gasteiger charge is 2.45. The molecule has 1 amide bonds. The first-order chi connectivity index (χ1) is 20.4. The van der Waals surface area contributed by atoms with E-state index in [1.807, 2.05) is 26.8 Å². The molecule has 0 radical (unpaired) electrons. The Hall–Kier alpha value is -3.25. The highest BCUT2D eigenvalue weighted by molar-refractivity contribution is 6.44. The SMILES string of the molecule is CC1=NN(C(C)(C)C)C(=O)/C1=C1/C(=O)C(c2ccc(N(CCN(C)N3CCCC3)CCN(C)N3CCCC3)cc2O)=C1O. The molecule has 0 unspecified atom stereocenters. The fourth-order valence-corrected chi connectivity index (χ4v) is 6.33. The van der Waals surface area contributed by atoms with E-state index in [1.54, 1.807) is 19.1 Å². The summed E-state index contributed by atoms with van der Waals surface area (Å²) in [5.74, 6) is -1.24. The monoisotopic (exact) mass is 593 g/mol. The van der Waals surface area contributed by atoms with Gasteiger partial charge in [0.15, 0.2) is 0 Å². The van der Waals surface area contributed by atoms with Crippen molar-refractivity contribution >= 4 is 28.7 Å². The average Bonchev–Trinajstić information content (AvgIpc) is 3.73. The summed E-state index contributed by atoms with van der Waals surface area (Å²) in [7, 11) is 4.26. The topological polar surface area (TPSA) is 106 Å². The van der Waals surface area contributed by atoms with Crippen LogP contribution >= 0.6 is 0 Å². The number of Topliss-reactive ketones (excluding diaryl/α,β-unsaturated/α-hetero) is 1. The van der Waals surface area contributed by atoms with Crippen LogP contribution < -0.4 is 4.90 Å². The number of nitrogens with zero attached hydrogens (tertiary/aromatic N) is 7. The van der Waals surface area contributed by atoms with Gasteiger partial charge in [-0.25, -0.2) is 25.0 Å². The van der Waals surface area contributed by atoms with E-state index in [-0.39, 0.29) is 33.8 Å². The van der Waals surface area contributed by atoms with Gasteiger partial charge in [-0.05, 0) is 65.5 Å². The van der Waals surface area contributed by atoms with Gasteiger partial charge in [-0.1, -0.05) is 0 Å². The molecular weight excluding hydrogens is 546 g/mol. The Morgan fingerprint density at radius 1 is 0.814 bits per heavy atom. The molecule has 2 fully saturated rings. The Morgan fingerprint density at radius 2 is 1.35 bits per heavy atom. The minimum absolute atomic E-state index is 0.0236. The van der Waals surface area contributed by atoms with Gasteiger partial charge in [0, 0.05) is 83.8 Å². The third-order valence-corrected chi connectivity index (χ3v) is 8.96. The molecule has 11 heteroatoms. The van der Waals surface area contributed by atoms with Gasteiger partial charge >= 0.3 is 0 Å². The molecular formula is C32H47N7O4. The fraction of sp³-hybridized carbons (Fsp3) is 0.594. The van der Waals surface area contributed by atoms with Crippen LogP contribution in [-0.2, 0) is 9.59 Å². The van der Waals surface area contributed by atoms with E-state index >= 15 is 0 Å². The Bertz CT molecular complexity index is 1320. The molecule has 5 rings (SSSR count). The normalized spacial score (nSPS) is 22.0. The van der Waals surface area contributed by atoms with Gasteiger partial charge in [0.2, 0.25) is 5.78 Å². The number of aliphatic hydroxyl groups is 1. The summed E-state index contributed by atoms with van der Waals surface area (Å²) in [6, 6.07) is 5.26. The lowest BCUT2D eigenvalue weighted by molar-refractivity contribution is -0.130. The lowest BCUT2D eigenvalue weighted by Gasteiger charge is -2.34. The number of benzene rings is 1. The van der Waals surface area contributed by atoms with E-state index in [4.69, 9.17) is 0 Å². The number of anilines is 1. The van der Waals surface area contributed by atoms with Crippen molar-refractivity contribution in [2.75, 3.05) is 71.4 Å². The van der Waals surface area contributed by atoms with E-state index < -0.39 is 17.2 Å². The van der Waals surface area contributed by atoms with Crippen LogP contribution in [0.4, 0.5) is 5.69 Å². The number of phenolic OH excluding ortho intramolecular Hbond substituents is 1. The number of carbonyl (C=O) groups excluding carboxylic acids is 2. The van der Waals surface area contributed by atoms with Crippen LogP contribution in [0.15, 0.2) is 40.2 Å². The third-order valence-electron chi connectivity index (χ3n) is 8.96. The fourth-order valence-electron chi connectivity index (χ4n) is 6.33. The minimum atomic E-state index is -0.567. The highest BCUT2D eigenvalue weighted by Crippen LogP contribution is 2.43. The van der Waals surface area contributed by atoms with Gasteiger partial charge in [-0.2, -0.15) is 5.10 Å². The van der Waals surface area contributed by atoms with Crippen LogP contribution in [0.5, 0.6) is 5.75 Å². The van der Waals surface area contributed by atoms with Gasteiger partial charge in [0.05, 0.1) is 28.0 Å². The number of aliphatic hydroxyl groups excluding tert-OH is 1. The lowest BCUT2D eigenvalue weighted by Crippen LogP contribution is -2.46. The minimum Gasteiger partial charge on any atom is -0.507 e. The molecule has 11 nitrogen and oxygen atoms in total. The van der Waals surface area contributed by atoms with Crippen molar-refractivity contribution in [1.82, 2.24) is 25.0 Å². The van der Waals surface area contributed by atoms with Crippen LogP contribution in [0.2, 0.25) is 0 Å². The molecule has 0 spiro atoms. The number of hydrazone groups is 1. The maximum Gasteiger partial charge on any atom is 0.277 e. The molecule has 1 aromatic rings. The molecule has 43 heavy (non-hydrogen) atoms. The predicted octanol–water partition coefficient (Wildman–Crippen LogP) is 3.25. The number of hydrogen-bond donors (Lipinski definition) is 2. The summed E-state index contributed by atoms with van der Waals surface area (Å²) >= 11 is 0. The summed E-state index contributed by atoms with van der Waals surface area (Å²) in [6.45, 7) is 14.8. The average molecular weight is 594 g/mol. The number of amides is 1. The molecule has 0 bridgehead atoms. The quantitative estimate of drug-likeness (QED) is 0.396. The molecule has 3 aliphatic heterocycles. The zero-order valence-electron chi connectivity index (χ0n) is 26.6. The Kier molecular flexibility index (Phi) is 8.99. The van der Waals surface area contributed by atoms with Crippen molar-refractivity contribution in [1.29, 1.82) is 0 Å². The zero-order valence-corrected chi connectivity index (χ0v) is 26.6. The maximum atomic E-state index is 13.3. The lowest BCUT2D eigenvalue weighted by atomic mass is 9.79. The number of allylic oxidation sites excluding steroid dienone is 2. The van der Waals surface area contributed by atoms with Crippen molar-refractivity contribution < 1.29 is 19.8 Å². The third kappa shape index (κ3) is 6.22. The summed E-state index contributed by atoms with van der Waals surface area (Å²) in [5, 5.41) is 37.2. The number of carbonyl (C=O) groups is 2. The highest BCUT2D eigenvalue weighted by atomic mass is 16.3. The first-order valence-electron chi connectivity index (χ1n) is 15.5. The number of hydrazine groups is 2. The van der Waals surface area contributed by atoms with Crippen molar-refractivity contribution in [2.24, 2.45) is 5.10 Å². The van der Waals surface area contributed by atoms with Crippen molar-refractivity contribution in [2.45, 2.75) is 58.9 Å². The molecule has 3 heterocycles. The molecule has 0 saturated carbocycles. The standard InChI is InChI=1S/C32H47N7O4/c1-22-26(31(43)39(33-22)32(2,3)4)28-29(41)27(30(28)42)24-12-11-23(21-25(24)40)36(19-17-34(5)37-13-7-8-14-37)20-18-35(6)38-15-9-10-16-38/h11-12,21,40-41H,7-10,13-20H2,1-6H3/b28-26+. The predicted molar refractivity (Wildman–Crippen MR) is 168 cm³/mol. The number of ketones is 1. The molecule has 4 aliphatic rings. The molecule has 2 saturated heterocycles. The first-order valence-corrected chi connectivity index (χ1v) is 15.5. The number of hydrogen-bond acceptors (Lipinski definition) is 10. The van der Waals surface area contributed by atoms with E-state index in [9.17, 15) is 19.8 Å². The van der Waals surface area contributed by atoms with Crippen molar-refractivity contribution in [3.63, 3.8) is 0 Å². The maximum absolute atomic E-state index is 13.3. The molecule has 0 atom stereocenters. The largest absolute Gasteiger partial charge is 0.507 e. The van der Waals surface area contributed by atoms with Gasteiger partial charge < -0.3 is 15.1 Å². The van der Waals surface area contributed by atoms with Gasteiger partial charge in [0.1, 0.15) is 11.5 Å². The summed E-state index contributed by atoms with van der Waals surface area (Å²) in [6.07, 6.45) is 4.89. The van der Waals surface area contributed by atoms with Gasteiger partial charge in [-0.15, -0.1) is 0 Å². The van der Waals surface area contributed by atoms with Gasteiger partial charge in [-0.3, -0.25) is 9.59 Å². The molecule has 1 aromatic carbocycles. The second-order valence-corrected chi connectivity index (χ2v) is 13.0. The summed E-state index contributed by atoms with van der Waals surface area (Å²) in [4.78, 5) is 28.7. The van der Waals surface area contributed by atoms with Crippen molar-refractivity contribution in [3.05, 3.63) is 40.7 Å². The van der Waals surface area contributed by atoms with Crippen LogP contribution in [0.3, 0.4) is 0 Å². The van der Waals surface area contributed by atoms with Crippen LogP contribution in [0.25, 0.3) is 5.57 Å². The summed E-state index contributed by atoms with van der Waals surface area (Å²) in [5.41, 5.74) is 1.04. The van der Waals surface area contributed by atoms with E-state index in [0.717, 1.165) is 58.0 Å². The molecule has 1 aliphatic carbocycles. The molecule has 234 valence electrons. The Balaban J connectivity index is 1.37. The van der Waals surface area contributed by atoms with Crippen molar-refractivity contribution in [3.8, 4) is 5.75 Å². The van der Waals surface area contributed by atoms with Crippen LogP contribution in [-0.4, -0.2) is 125 Å². The Labute approximate surface area is 255 Å². The second kappa shape index (κ2) is 12.4. The second-order valence-electron chi connectivity index (χ2n) is 13.0. The Morgan fingerprint density at radius 3 is 1.79 bits per heavy atom. The number of rotatable bonds is 10. The summed E-state index contributed by atoms with van der Waals surface area (Å²) < 4.78 is 0. The van der Waals surface area contributed by atoms with E-state index in [2.05, 4.69) is 44.1 Å². The molecule has 0 aromatic heterocycles. The smallest absolute Gasteiger partial charge is 0.277 e. The number of likely N-dealkylation sites (N-methyl/N-ethyl adjacent to an activating group) is 2. The van der Waals surface area contributed by atoms with Crippen LogP contribution in [0, 0.1) is 0 Å². The molecule has 2 N–H and O–H groups in total. The van der Waals surface area contributed by atoms with E-state index in [0.29, 0.717) is 5.71 Å².